The van der Waals surface area contributed by atoms with E-state index in [1.807, 2.05) is 28.9 Å². The normalized spacial score (nSPS) is 11.0. The quantitative estimate of drug-likeness (QED) is 0.780. The van der Waals surface area contributed by atoms with Crippen molar-refractivity contribution in [2.75, 3.05) is 0 Å². The smallest absolute Gasteiger partial charge is 0.138 e. The van der Waals surface area contributed by atoms with Crippen molar-refractivity contribution in [1.82, 2.24) is 14.8 Å². The number of ether oxygens (including phenoxy) is 1. The molecule has 0 aliphatic heterocycles. The first-order valence-corrected chi connectivity index (χ1v) is 7.04. The highest BCUT2D eigenvalue weighted by Gasteiger charge is 2.09. The van der Waals surface area contributed by atoms with Crippen LogP contribution in [-0.2, 0) is 19.7 Å². The van der Waals surface area contributed by atoms with Gasteiger partial charge >= 0.3 is 0 Å². The zero-order chi connectivity index (χ0) is 14.7. The molecule has 3 aromatic rings. The van der Waals surface area contributed by atoms with Gasteiger partial charge in [-0.15, -0.1) is 0 Å². The highest BCUT2D eigenvalue weighted by Crippen LogP contribution is 2.20. The SMILES string of the molecule is CCn1nc(COc2ccc(CN)nc2)c2ccccc21. The molecule has 0 amide bonds. The van der Waals surface area contributed by atoms with Crippen LogP contribution in [-0.4, -0.2) is 14.8 Å². The molecule has 0 bridgehead atoms. The number of hydrogen-bond acceptors (Lipinski definition) is 4. The predicted octanol–water partition coefficient (Wildman–Crippen LogP) is 2.49. The Hall–Kier alpha value is -2.40. The molecule has 0 radical (unpaired) electrons. The number of aromatic nitrogens is 3. The molecule has 2 heterocycles. The van der Waals surface area contributed by atoms with Gasteiger partial charge in [-0.1, -0.05) is 18.2 Å². The highest BCUT2D eigenvalue weighted by atomic mass is 16.5. The molecule has 0 aliphatic carbocycles. The molecule has 2 aromatic heterocycles. The Morgan fingerprint density at radius 3 is 2.76 bits per heavy atom. The highest BCUT2D eigenvalue weighted by molar-refractivity contribution is 5.81. The van der Waals surface area contributed by atoms with Gasteiger partial charge in [0, 0.05) is 18.5 Å². The van der Waals surface area contributed by atoms with Crippen molar-refractivity contribution in [3.05, 3.63) is 54.0 Å². The van der Waals surface area contributed by atoms with Gasteiger partial charge in [-0.05, 0) is 25.1 Å². The van der Waals surface area contributed by atoms with Crippen LogP contribution in [0.5, 0.6) is 5.75 Å². The third-order valence-corrected chi connectivity index (χ3v) is 3.42. The largest absolute Gasteiger partial charge is 0.486 e. The summed E-state index contributed by atoms with van der Waals surface area (Å²) in [5, 5.41) is 5.74. The first kappa shape index (κ1) is 13.6. The average Bonchev–Trinajstić information content (AvgIpc) is 2.91. The lowest BCUT2D eigenvalue weighted by Gasteiger charge is -2.04. The molecule has 1 aromatic carbocycles. The number of pyridine rings is 1. The molecule has 0 aliphatic rings. The maximum atomic E-state index is 5.78. The second kappa shape index (κ2) is 5.93. The lowest BCUT2D eigenvalue weighted by atomic mass is 10.2. The number of benzene rings is 1. The second-order valence-corrected chi connectivity index (χ2v) is 4.76. The summed E-state index contributed by atoms with van der Waals surface area (Å²) in [6.07, 6.45) is 1.70. The van der Waals surface area contributed by atoms with Crippen molar-refractivity contribution < 1.29 is 4.74 Å². The van der Waals surface area contributed by atoms with E-state index in [0.717, 1.165) is 34.6 Å². The van der Waals surface area contributed by atoms with E-state index in [9.17, 15) is 0 Å². The van der Waals surface area contributed by atoms with Gasteiger partial charge in [-0.3, -0.25) is 9.67 Å². The molecule has 0 atom stereocenters. The first-order valence-electron chi connectivity index (χ1n) is 7.04. The van der Waals surface area contributed by atoms with Crippen LogP contribution in [0.1, 0.15) is 18.3 Å². The lowest BCUT2D eigenvalue weighted by molar-refractivity contribution is 0.299. The molecule has 0 unspecified atom stereocenters. The Labute approximate surface area is 123 Å². The molecule has 0 saturated carbocycles. The van der Waals surface area contributed by atoms with Crippen molar-refractivity contribution in [3.8, 4) is 5.75 Å². The van der Waals surface area contributed by atoms with Crippen LogP contribution in [0.25, 0.3) is 10.9 Å². The van der Waals surface area contributed by atoms with Gasteiger partial charge in [-0.2, -0.15) is 5.10 Å². The maximum absolute atomic E-state index is 5.78. The number of fused-ring (bicyclic) bond motifs is 1. The van der Waals surface area contributed by atoms with Crippen molar-refractivity contribution in [3.63, 3.8) is 0 Å². The van der Waals surface area contributed by atoms with E-state index in [1.54, 1.807) is 6.20 Å². The molecule has 108 valence electrons. The summed E-state index contributed by atoms with van der Waals surface area (Å²) in [4.78, 5) is 4.22. The zero-order valence-corrected chi connectivity index (χ0v) is 12.0. The van der Waals surface area contributed by atoms with E-state index in [-0.39, 0.29) is 0 Å². The molecule has 5 heteroatoms. The summed E-state index contributed by atoms with van der Waals surface area (Å²) in [7, 11) is 0. The maximum Gasteiger partial charge on any atom is 0.138 e. The number of nitrogens with zero attached hydrogens (tertiary/aromatic N) is 3. The summed E-state index contributed by atoms with van der Waals surface area (Å²) in [5.41, 5.74) is 8.45. The monoisotopic (exact) mass is 282 g/mol. The summed E-state index contributed by atoms with van der Waals surface area (Å²) in [6.45, 7) is 3.79. The molecule has 3 rings (SSSR count). The number of para-hydroxylation sites is 1. The number of nitrogens with two attached hydrogens (primary N) is 1. The lowest BCUT2D eigenvalue weighted by Crippen LogP contribution is -2.02. The van der Waals surface area contributed by atoms with Crippen LogP contribution < -0.4 is 10.5 Å². The fourth-order valence-corrected chi connectivity index (χ4v) is 2.31. The number of rotatable bonds is 5. The van der Waals surface area contributed by atoms with Gasteiger partial charge in [0.05, 0.1) is 17.4 Å². The topological polar surface area (TPSA) is 66.0 Å². The Balaban J connectivity index is 1.81. The van der Waals surface area contributed by atoms with E-state index in [1.165, 1.54) is 0 Å². The van der Waals surface area contributed by atoms with Gasteiger partial charge < -0.3 is 10.5 Å². The first-order chi connectivity index (χ1) is 10.3. The van der Waals surface area contributed by atoms with E-state index >= 15 is 0 Å². The Bertz CT molecular complexity index is 734. The summed E-state index contributed by atoms with van der Waals surface area (Å²) >= 11 is 0. The summed E-state index contributed by atoms with van der Waals surface area (Å²) in [6, 6.07) is 11.9. The van der Waals surface area contributed by atoms with Crippen LogP contribution in [0.15, 0.2) is 42.6 Å². The van der Waals surface area contributed by atoms with E-state index in [4.69, 9.17) is 10.5 Å². The van der Waals surface area contributed by atoms with Crippen LogP contribution >= 0.6 is 0 Å². The fraction of sp³-hybridized carbons (Fsp3) is 0.250. The molecule has 5 nitrogen and oxygen atoms in total. The number of aryl methyl sites for hydroxylation is 1. The van der Waals surface area contributed by atoms with Crippen molar-refractivity contribution >= 4 is 10.9 Å². The second-order valence-electron chi connectivity index (χ2n) is 4.76. The van der Waals surface area contributed by atoms with Crippen LogP contribution in [0, 0.1) is 0 Å². The minimum atomic E-state index is 0.428. The third kappa shape index (κ3) is 2.73. The molecule has 2 N–H and O–H groups in total. The fourth-order valence-electron chi connectivity index (χ4n) is 2.31. The van der Waals surface area contributed by atoms with Gasteiger partial charge in [0.2, 0.25) is 0 Å². The zero-order valence-electron chi connectivity index (χ0n) is 12.0. The molecule has 0 fully saturated rings. The third-order valence-electron chi connectivity index (χ3n) is 3.42. The van der Waals surface area contributed by atoms with Crippen molar-refractivity contribution in [2.45, 2.75) is 26.6 Å². The Kier molecular flexibility index (Phi) is 3.83. The Morgan fingerprint density at radius 2 is 2.05 bits per heavy atom. The predicted molar refractivity (Wildman–Crippen MR) is 81.9 cm³/mol. The van der Waals surface area contributed by atoms with Crippen molar-refractivity contribution in [1.29, 1.82) is 0 Å². The van der Waals surface area contributed by atoms with Crippen LogP contribution in [0.2, 0.25) is 0 Å². The average molecular weight is 282 g/mol. The van der Waals surface area contributed by atoms with E-state index in [2.05, 4.69) is 29.1 Å². The van der Waals surface area contributed by atoms with Gasteiger partial charge in [0.1, 0.15) is 18.1 Å². The molecule has 0 spiro atoms. The van der Waals surface area contributed by atoms with Gasteiger partial charge in [0.25, 0.3) is 0 Å². The van der Waals surface area contributed by atoms with Gasteiger partial charge in [-0.25, -0.2) is 0 Å². The molecule has 21 heavy (non-hydrogen) atoms. The molecular formula is C16H18N4O. The number of hydrogen-bond donors (Lipinski definition) is 1. The summed E-state index contributed by atoms with van der Waals surface area (Å²) in [5.74, 6) is 0.724. The molecule has 0 saturated heterocycles. The van der Waals surface area contributed by atoms with Gasteiger partial charge in [0.15, 0.2) is 0 Å². The van der Waals surface area contributed by atoms with Crippen molar-refractivity contribution in [2.24, 2.45) is 5.73 Å². The molecular weight excluding hydrogens is 264 g/mol. The minimum Gasteiger partial charge on any atom is -0.486 e. The van der Waals surface area contributed by atoms with Crippen LogP contribution in [0.3, 0.4) is 0 Å². The van der Waals surface area contributed by atoms with E-state index < -0.39 is 0 Å². The standard InChI is InChI=1S/C16H18N4O/c1-2-20-16-6-4-3-5-14(16)15(19-20)11-21-13-8-7-12(9-17)18-10-13/h3-8,10H,2,9,11,17H2,1H3. The summed E-state index contributed by atoms with van der Waals surface area (Å²) < 4.78 is 7.77. The Morgan fingerprint density at radius 1 is 1.19 bits per heavy atom. The van der Waals surface area contributed by atoms with Crippen LogP contribution in [0.4, 0.5) is 0 Å². The van der Waals surface area contributed by atoms with E-state index in [0.29, 0.717) is 13.2 Å². The minimum absolute atomic E-state index is 0.428.